The number of hydrogen-bond acceptors (Lipinski definition) is 4. The molecule has 4 aromatic rings. The summed E-state index contributed by atoms with van der Waals surface area (Å²) in [6.07, 6.45) is 2.34. The van der Waals surface area contributed by atoms with Gasteiger partial charge in [0.2, 0.25) is 0 Å². The van der Waals surface area contributed by atoms with Crippen molar-refractivity contribution in [1.29, 1.82) is 0 Å². The van der Waals surface area contributed by atoms with Crippen LogP contribution >= 0.6 is 11.3 Å². The number of nitrogens with zero attached hydrogens (tertiary/aromatic N) is 2. The van der Waals surface area contributed by atoms with E-state index in [1.54, 1.807) is 0 Å². The molecule has 5 heteroatoms. The molecule has 1 N–H and O–H groups in total. The second-order valence-corrected chi connectivity index (χ2v) is 8.73. The average molecular weight is 414 g/mol. The standard InChI is InChI=1S/C25H23N3OS/c29-24(26-20-7-2-1-3-8-20)19-14-12-18(13-15-19)17-28-16-6-10-22(28)25-27-21-9-4-5-11-23(21)30-25/h1-5,7-9,11-15,22H,6,10,16-17H2,(H,26,29)/t22-/m1/s1. The van der Waals surface area contributed by atoms with Crippen LogP contribution in [-0.4, -0.2) is 22.3 Å². The number of anilines is 1. The Morgan fingerprint density at radius 2 is 1.77 bits per heavy atom. The minimum Gasteiger partial charge on any atom is -0.322 e. The molecule has 4 nitrogen and oxygen atoms in total. The van der Waals surface area contributed by atoms with E-state index in [4.69, 9.17) is 4.98 Å². The number of hydrogen-bond donors (Lipinski definition) is 1. The molecule has 2 heterocycles. The van der Waals surface area contributed by atoms with Gasteiger partial charge in [0, 0.05) is 17.8 Å². The molecule has 1 aliphatic heterocycles. The van der Waals surface area contributed by atoms with E-state index in [9.17, 15) is 4.79 Å². The summed E-state index contributed by atoms with van der Waals surface area (Å²) >= 11 is 1.81. The molecule has 1 atom stereocenters. The summed E-state index contributed by atoms with van der Waals surface area (Å²) in [5.41, 5.74) is 3.80. The molecule has 0 bridgehead atoms. The number of nitrogens with one attached hydrogen (secondary N) is 1. The van der Waals surface area contributed by atoms with Crippen molar-refractivity contribution in [2.24, 2.45) is 0 Å². The first-order valence-electron chi connectivity index (χ1n) is 10.3. The SMILES string of the molecule is O=C(Nc1ccccc1)c1ccc(CN2CCC[C@@H]2c2nc3ccccc3s2)cc1. The van der Waals surface area contributed by atoms with Crippen LogP contribution in [-0.2, 0) is 6.54 Å². The number of likely N-dealkylation sites (tertiary alicyclic amines) is 1. The third-order valence-electron chi connectivity index (χ3n) is 5.59. The van der Waals surface area contributed by atoms with Gasteiger partial charge in [-0.15, -0.1) is 11.3 Å². The van der Waals surface area contributed by atoms with Gasteiger partial charge in [0.15, 0.2) is 0 Å². The van der Waals surface area contributed by atoms with Gasteiger partial charge in [0.25, 0.3) is 5.91 Å². The van der Waals surface area contributed by atoms with Crippen molar-refractivity contribution >= 4 is 33.1 Å². The number of benzene rings is 3. The fraction of sp³-hybridized carbons (Fsp3) is 0.200. The number of amides is 1. The van der Waals surface area contributed by atoms with Gasteiger partial charge in [0.05, 0.1) is 16.3 Å². The fourth-order valence-corrected chi connectivity index (χ4v) is 5.19. The summed E-state index contributed by atoms with van der Waals surface area (Å²) in [5, 5.41) is 4.15. The predicted molar refractivity (Wildman–Crippen MR) is 123 cm³/mol. The van der Waals surface area contributed by atoms with Gasteiger partial charge < -0.3 is 5.32 Å². The largest absolute Gasteiger partial charge is 0.322 e. The van der Waals surface area contributed by atoms with Crippen LogP contribution in [0.15, 0.2) is 78.9 Å². The van der Waals surface area contributed by atoms with Gasteiger partial charge >= 0.3 is 0 Å². The Morgan fingerprint density at radius 3 is 2.57 bits per heavy atom. The van der Waals surface area contributed by atoms with Gasteiger partial charge in [0.1, 0.15) is 5.01 Å². The Morgan fingerprint density at radius 1 is 1.00 bits per heavy atom. The Hall–Kier alpha value is -3.02. The van der Waals surface area contributed by atoms with E-state index in [-0.39, 0.29) is 5.91 Å². The fourth-order valence-electron chi connectivity index (χ4n) is 4.05. The molecule has 5 rings (SSSR count). The lowest BCUT2D eigenvalue weighted by Gasteiger charge is -2.22. The van der Waals surface area contributed by atoms with E-state index < -0.39 is 0 Å². The molecule has 1 amide bonds. The van der Waals surface area contributed by atoms with Crippen molar-refractivity contribution in [2.45, 2.75) is 25.4 Å². The second kappa shape index (κ2) is 8.38. The second-order valence-electron chi connectivity index (χ2n) is 7.67. The summed E-state index contributed by atoms with van der Waals surface area (Å²) in [4.78, 5) is 19.9. The molecule has 1 fully saturated rings. The van der Waals surface area contributed by atoms with E-state index in [0.717, 1.165) is 30.7 Å². The molecule has 30 heavy (non-hydrogen) atoms. The first-order chi connectivity index (χ1) is 14.8. The maximum atomic E-state index is 12.5. The highest BCUT2D eigenvalue weighted by Crippen LogP contribution is 2.37. The van der Waals surface area contributed by atoms with Crippen LogP contribution in [0.2, 0.25) is 0 Å². The summed E-state index contributed by atoms with van der Waals surface area (Å²) in [6.45, 7) is 1.96. The minimum absolute atomic E-state index is 0.0822. The van der Waals surface area contributed by atoms with Crippen LogP contribution in [0.1, 0.15) is 39.8 Å². The van der Waals surface area contributed by atoms with E-state index in [2.05, 4.69) is 40.5 Å². The first-order valence-corrected chi connectivity index (χ1v) is 11.1. The Kier molecular flexibility index (Phi) is 5.30. The van der Waals surface area contributed by atoms with Crippen molar-refractivity contribution in [3.63, 3.8) is 0 Å². The van der Waals surface area contributed by atoms with Crippen LogP contribution in [0.3, 0.4) is 0 Å². The number of rotatable bonds is 5. The normalized spacial score (nSPS) is 16.7. The Labute approximate surface area is 180 Å². The third-order valence-corrected chi connectivity index (χ3v) is 6.73. The monoisotopic (exact) mass is 413 g/mol. The summed E-state index contributed by atoms with van der Waals surface area (Å²) in [6, 6.07) is 26.2. The number of para-hydroxylation sites is 2. The number of carbonyl (C=O) groups is 1. The zero-order chi connectivity index (χ0) is 20.3. The first kappa shape index (κ1) is 19.0. The van der Waals surface area contributed by atoms with Crippen molar-refractivity contribution < 1.29 is 4.79 Å². The predicted octanol–water partition coefficient (Wildman–Crippen LogP) is 5.89. The van der Waals surface area contributed by atoms with Crippen LogP contribution in [0.4, 0.5) is 5.69 Å². The molecule has 0 saturated carbocycles. The van der Waals surface area contributed by atoms with Gasteiger partial charge in [-0.05, 0) is 61.3 Å². The van der Waals surface area contributed by atoms with Crippen LogP contribution in [0.5, 0.6) is 0 Å². The number of aromatic nitrogens is 1. The van der Waals surface area contributed by atoms with Crippen molar-refractivity contribution in [2.75, 3.05) is 11.9 Å². The molecule has 1 saturated heterocycles. The molecule has 150 valence electrons. The Balaban J connectivity index is 1.27. The topological polar surface area (TPSA) is 45.2 Å². The summed E-state index contributed by atoms with van der Waals surface area (Å²) < 4.78 is 1.26. The lowest BCUT2D eigenvalue weighted by Crippen LogP contribution is -2.22. The van der Waals surface area contributed by atoms with E-state index >= 15 is 0 Å². The van der Waals surface area contributed by atoms with Gasteiger partial charge in [-0.1, -0.05) is 42.5 Å². The van der Waals surface area contributed by atoms with Crippen LogP contribution < -0.4 is 5.32 Å². The molecule has 0 radical (unpaired) electrons. The molecule has 3 aromatic carbocycles. The minimum atomic E-state index is -0.0822. The molecule has 0 aliphatic carbocycles. The van der Waals surface area contributed by atoms with Crippen LogP contribution in [0.25, 0.3) is 10.2 Å². The lowest BCUT2D eigenvalue weighted by molar-refractivity contribution is 0.102. The maximum Gasteiger partial charge on any atom is 0.255 e. The van der Waals surface area contributed by atoms with E-state index in [0.29, 0.717) is 11.6 Å². The number of fused-ring (bicyclic) bond motifs is 1. The summed E-state index contributed by atoms with van der Waals surface area (Å²) in [5.74, 6) is -0.0822. The van der Waals surface area contributed by atoms with E-state index in [1.807, 2.05) is 59.9 Å². The maximum absolute atomic E-state index is 12.5. The lowest BCUT2D eigenvalue weighted by atomic mass is 10.1. The van der Waals surface area contributed by atoms with Crippen molar-refractivity contribution in [3.8, 4) is 0 Å². The molecule has 1 aliphatic rings. The molecule has 0 spiro atoms. The number of carbonyl (C=O) groups excluding carboxylic acids is 1. The smallest absolute Gasteiger partial charge is 0.255 e. The average Bonchev–Trinajstić information content (AvgIpc) is 3.41. The van der Waals surface area contributed by atoms with Crippen LogP contribution in [0, 0.1) is 0 Å². The molecule has 0 unspecified atom stereocenters. The van der Waals surface area contributed by atoms with Crippen molar-refractivity contribution in [1.82, 2.24) is 9.88 Å². The number of thiazole rings is 1. The highest BCUT2D eigenvalue weighted by molar-refractivity contribution is 7.18. The third kappa shape index (κ3) is 3.99. The highest BCUT2D eigenvalue weighted by Gasteiger charge is 2.28. The summed E-state index contributed by atoms with van der Waals surface area (Å²) in [7, 11) is 0. The quantitative estimate of drug-likeness (QED) is 0.444. The highest BCUT2D eigenvalue weighted by atomic mass is 32.1. The zero-order valence-electron chi connectivity index (χ0n) is 16.6. The van der Waals surface area contributed by atoms with Gasteiger partial charge in [-0.3, -0.25) is 9.69 Å². The van der Waals surface area contributed by atoms with Gasteiger partial charge in [-0.2, -0.15) is 0 Å². The van der Waals surface area contributed by atoms with Gasteiger partial charge in [-0.25, -0.2) is 4.98 Å². The van der Waals surface area contributed by atoms with Crippen molar-refractivity contribution in [3.05, 3.63) is 95.0 Å². The van der Waals surface area contributed by atoms with E-state index in [1.165, 1.54) is 21.7 Å². The molecular weight excluding hydrogens is 390 g/mol. The molecular formula is C25H23N3OS. The zero-order valence-corrected chi connectivity index (χ0v) is 17.4. The molecule has 1 aromatic heterocycles. The Bertz CT molecular complexity index is 1120.